The molecule has 0 unspecified atom stereocenters. The zero-order chi connectivity index (χ0) is 17.6. The number of rotatable bonds is 9. The number of nitro benzene ring substituents is 1. The molecule has 1 aromatic rings. The van der Waals surface area contributed by atoms with E-state index < -0.39 is 13.9 Å². The first kappa shape index (κ1) is 19.6. The molecule has 0 fully saturated rings. The Morgan fingerprint density at radius 2 is 1.30 bits per heavy atom. The van der Waals surface area contributed by atoms with E-state index in [1.54, 1.807) is 12.1 Å². The van der Waals surface area contributed by atoms with Gasteiger partial charge in [0.05, 0.1) is 4.92 Å². The SMILES string of the molecule is CC(C)O[Si](Nc1ccc([N+](=O)[O-])cc1)(OC(C)C)OC(C)C. The van der Waals surface area contributed by atoms with Gasteiger partial charge in [-0.2, -0.15) is 0 Å². The fourth-order valence-electron chi connectivity index (χ4n) is 1.95. The van der Waals surface area contributed by atoms with Crippen LogP contribution >= 0.6 is 0 Å². The summed E-state index contributed by atoms with van der Waals surface area (Å²) in [4.78, 5) is 13.5. The summed E-state index contributed by atoms with van der Waals surface area (Å²) < 4.78 is 18.0. The van der Waals surface area contributed by atoms with Crippen LogP contribution in [0.5, 0.6) is 0 Å². The number of nitro groups is 1. The summed E-state index contributed by atoms with van der Waals surface area (Å²) in [5, 5.41) is 10.8. The molecular weight excluding hydrogens is 316 g/mol. The van der Waals surface area contributed by atoms with Crippen LogP contribution in [0.15, 0.2) is 24.3 Å². The van der Waals surface area contributed by atoms with E-state index in [0.29, 0.717) is 5.69 Å². The van der Waals surface area contributed by atoms with Crippen molar-refractivity contribution in [2.24, 2.45) is 0 Å². The molecule has 0 atom stereocenters. The molecule has 8 heteroatoms. The van der Waals surface area contributed by atoms with Gasteiger partial charge in [-0.1, -0.05) is 0 Å². The average molecular weight is 342 g/mol. The predicted octanol–water partition coefficient (Wildman–Crippen LogP) is 3.72. The van der Waals surface area contributed by atoms with E-state index >= 15 is 0 Å². The molecule has 1 N–H and O–H groups in total. The number of anilines is 1. The lowest BCUT2D eigenvalue weighted by atomic mass is 10.3. The minimum Gasteiger partial charge on any atom is -0.354 e. The third kappa shape index (κ3) is 6.65. The van der Waals surface area contributed by atoms with E-state index in [0.717, 1.165) is 0 Å². The van der Waals surface area contributed by atoms with Gasteiger partial charge >= 0.3 is 8.97 Å². The summed E-state index contributed by atoms with van der Waals surface area (Å²) in [6, 6.07) is 6.11. The van der Waals surface area contributed by atoms with Crippen molar-refractivity contribution in [2.75, 3.05) is 4.98 Å². The van der Waals surface area contributed by atoms with Gasteiger partial charge in [0, 0.05) is 36.1 Å². The summed E-state index contributed by atoms with van der Waals surface area (Å²) in [5.74, 6) is 0. The van der Waals surface area contributed by atoms with Gasteiger partial charge in [-0.25, -0.2) is 0 Å². The molecule has 0 aliphatic carbocycles. The zero-order valence-electron chi connectivity index (χ0n) is 14.5. The Balaban J connectivity index is 3.07. The normalized spacial score (nSPS) is 12.2. The van der Waals surface area contributed by atoms with Crippen LogP contribution < -0.4 is 4.98 Å². The largest absolute Gasteiger partial charge is 0.631 e. The highest BCUT2D eigenvalue weighted by Crippen LogP contribution is 2.23. The predicted molar refractivity (Wildman–Crippen MR) is 91.1 cm³/mol. The highest BCUT2D eigenvalue weighted by Gasteiger charge is 2.46. The van der Waals surface area contributed by atoms with Gasteiger partial charge < -0.3 is 18.3 Å². The van der Waals surface area contributed by atoms with Gasteiger partial charge in [0.2, 0.25) is 0 Å². The Kier molecular flexibility index (Phi) is 7.14. The van der Waals surface area contributed by atoms with E-state index in [1.165, 1.54) is 12.1 Å². The average Bonchev–Trinajstić information content (AvgIpc) is 2.36. The number of nitrogens with zero attached hydrogens (tertiary/aromatic N) is 1. The second-order valence-electron chi connectivity index (χ2n) is 5.98. The minimum atomic E-state index is -3.19. The van der Waals surface area contributed by atoms with E-state index in [4.69, 9.17) is 13.3 Å². The van der Waals surface area contributed by atoms with Crippen LogP contribution in [0.1, 0.15) is 41.5 Å². The lowest BCUT2D eigenvalue weighted by molar-refractivity contribution is -0.384. The molecule has 0 radical (unpaired) electrons. The second-order valence-corrected chi connectivity index (χ2v) is 8.05. The lowest BCUT2D eigenvalue weighted by Gasteiger charge is -2.34. The van der Waals surface area contributed by atoms with Crippen LogP contribution in [0.25, 0.3) is 0 Å². The van der Waals surface area contributed by atoms with Crippen LogP contribution in [0.4, 0.5) is 11.4 Å². The molecule has 0 aliphatic rings. The van der Waals surface area contributed by atoms with Crippen LogP contribution in [-0.4, -0.2) is 32.2 Å². The lowest BCUT2D eigenvalue weighted by Crippen LogP contribution is -2.57. The fraction of sp³-hybridized carbons (Fsp3) is 0.600. The van der Waals surface area contributed by atoms with Crippen LogP contribution in [0, 0.1) is 10.1 Å². The second kappa shape index (κ2) is 8.39. The van der Waals surface area contributed by atoms with Crippen LogP contribution in [0.3, 0.4) is 0 Å². The first-order valence-corrected chi connectivity index (χ1v) is 9.42. The van der Waals surface area contributed by atoms with Crippen molar-refractivity contribution < 1.29 is 18.2 Å². The van der Waals surface area contributed by atoms with Crippen molar-refractivity contribution in [3.63, 3.8) is 0 Å². The Hall–Kier alpha value is -1.48. The monoisotopic (exact) mass is 342 g/mol. The molecule has 0 heterocycles. The molecule has 1 aromatic carbocycles. The van der Waals surface area contributed by atoms with Crippen molar-refractivity contribution in [1.29, 1.82) is 0 Å². The summed E-state index contributed by atoms with van der Waals surface area (Å²) in [7, 11) is -3.19. The Morgan fingerprint density at radius 3 is 1.61 bits per heavy atom. The number of benzene rings is 1. The third-order valence-electron chi connectivity index (χ3n) is 2.55. The number of hydrogen-bond donors (Lipinski definition) is 1. The van der Waals surface area contributed by atoms with Gasteiger partial charge in [0.25, 0.3) is 5.69 Å². The van der Waals surface area contributed by atoms with Gasteiger partial charge in [-0.15, -0.1) is 0 Å². The molecule has 0 spiro atoms. The van der Waals surface area contributed by atoms with Gasteiger partial charge in [-0.05, 0) is 53.7 Å². The topological polar surface area (TPSA) is 82.9 Å². The maximum absolute atomic E-state index is 10.8. The molecule has 0 amide bonds. The van der Waals surface area contributed by atoms with Gasteiger partial charge in [-0.3, -0.25) is 10.1 Å². The zero-order valence-corrected chi connectivity index (χ0v) is 15.5. The van der Waals surface area contributed by atoms with Crippen molar-refractivity contribution in [2.45, 2.75) is 59.9 Å². The van der Waals surface area contributed by atoms with E-state index in [1.807, 2.05) is 41.5 Å². The van der Waals surface area contributed by atoms with Gasteiger partial charge in [0.1, 0.15) is 0 Å². The number of nitrogens with one attached hydrogen (secondary N) is 1. The maximum atomic E-state index is 10.8. The number of hydrogen-bond acceptors (Lipinski definition) is 6. The molecule has 0 saturated carbocycles. The van der Waals surface area contributed by atoms with Crippen LogP contribution in [-0.2, 0) is 13.3 Å². The van der Waals surface area contributed by atoms with Crippen molar-refractivity contribution in [3.8, 4) is 0 Å². The molecule has 0 aromatic heterocycles. The summed E-state index contributed by atoms with van der Waals surface area (Å²) in [5.41, 5.74) is 0.686. The summed E-state index contributed by atoms with van der Waals surface area (Å²) in [6.45, 7) is 11.5. The van der Waals surface area contributed by atoms with Crippen molar-refractivity contribution in [3.05, 3.63) is 34.4 Å². The fourth-order valence-corrected chi connectivity index (χ4v) is 4.67. The number of non-ortho nitro benzene ring substituents is 1. The van der Waals surface area contributed by atoms with E-state index in [2.05, 4.69) is 4.98 Å². The summed E-state index contributed by atoms with van der Waals surface area (Å²) >= 11 is 0. The quantitative estimate of drug-likeness (QED) is 0.418. The first-order valence-electron chi connectivity index (χ1n) is 7.69. The molecule has 0 bridgehead atoms. The first-order chi connectivity index (χ1) is 10.6. The van der Waals surface area contributed by atoms with E-state index in [9.17, 15) is 10.1 Å². The molecular formula is C15H26N2O5Si. The summed E-state index contributed by atoms with van der Waals surface area (Å²) in [6.07, 6.45) is -0.279. The molecule has 23 heavy (non-hydrogen) atoms. The minimum absolute atomic E-state index is 0.0298. The maximum Gasteiger partial charge on any atom is 0.631 e. The highest BCUT2D eigenvalue weighted by molar-refractivity contribution is 6.64. The molecule has 1 rings (SSSR count). The van der Waals surface area contributed by atoms with Crippen LogP contribution in [0.2, 0.25) is 0 Å². The molecule has 0 saturated heterocycles. The standard InChI is InChI=1S/C15H26N2O5Si/c1-11(2)20-23(21-12(3)4,22-13(5)6)16-14-7-9-15(10-8-14)17(18)19/h7-13,16H,1-6H3. The van der Waals surface area contributed by atoms with E-state index in [-0.39, 0.29) is 24.0 Å². The van der Waals surface area contributed by atoms with Crippen molar-refractivity contribution in [1.82, 2.24) is 0 Å². The molecule has 0 aliphatic heterocycles. The molecule has 7 nitrogen and oxygen atoms in total. The Bertz CT molecular complexity index is 479. The Labute approximate surface area is 138 Å². The molecule has 130 valence electrons. The Morgan fingerprint density at radius 1 is 0.913 bits per heavy atom. The third-order valence-corrected chi connectivity index (χ3v) is 5.49. The smallest absolute Gasteiger partial charge is 0.354 e. The highest BCUT2D eigenvalue weighted by atomic mass is 28.4. The van der Waals surface area contributed by atoms with Crippen molar-refractivity contribution >= 4 is 20.3 Å². The van der Waals surface area contributed by atoms with Gasteiger partial charge in [0.15, 0.2) is 0 Å².